The van der Waals surface area contributed by atoms with Gasteiger partial charge < -0.3 is 15.3 Å². The lowest BCUT2D eigenvalue weighted by Gasteiger charge is -2.18. The van der Waals surface area contributed by atoms with Gasteiger partial charge in [0.25, 0.3) is 5.91 Å². The van der Waals surface area contributed by atoms with Crippen LogP contribution in [0.2, 0.25) is 0 Å². The van der Waals surface area contributed by atoms with Crippen molar-refractivity contribution in [3.63, 3.8) is 0 Å². The highest BCUT2D eigenvalue weighted by molar-refractivity contribution is 5.94. The number of amides is 1. The van der Waals surface area contributed by atoms with Gasteiger partial charge in [0.2, 0.25) is 0 Å². The van der Waals surface area contributed by atoms with E-state index >= 15 is 0 Å². The number of nitrogens with one attached hydrogen (secondary N) is 1. The predicted molar refractivity (Wildman–Crippen MR) is 78.3 cm³/mol. The summed E-state index contributed by atoms with van der Waals surface area (Å²) in [6.45, 7) is 2.76. The molecule has 108 valence electrons. The average molecular weight is 275 g/mol. The van der Waals surface area contributed by atoms with Gasteiger partial charge in [0.1, 0.15) is 0 Å². The lowest BCUT2D eigenvalue weighted by molar-refractivity contribution is 0.0934. The summed E-state index contributed by atoms with van der Waals surface area (Å²) < 4.78 is 0. The van der Waals surface area contributed by atoms with E-state index < -0.39 is 0 Å². The first-order valence-electron chi connectivity index (χ1n) is 6.53. The third-order valence-corrected chi connectivity index (χ3v) is 2.49. The van der Waals surface area contributed by atoms with E-state index in [0.717, 1.165) is 6.54 Å². The zero-order valence-corrected chi connectivity index (χ0v) is 12.2. The van der Waals surface area contributed by atoms with Crippen molar-refractivity contribution in [1.29, 1.82) is 0 Å². The van der Waals surface area contributed by atoms with Crippen molar-refractivity contribution in [3.05, 3.63) is 29.6 Å². The molecule has 0 aliphatic heterocycles. The van der Waals surface area contributed by atoms with Gasteiger partial charge in [-0.1, -0.05) is 11.8 Å². The Kier molecular flexibility index (Phi) is 6.71. The monoisotopic (exact) mass is 275 g/mol. The van der Waals surface area contributed by atoms with Crippen molar-refractivity contribution < 1.29 is 9.90 Å². The Morgan fingerprint density at radius 3 is 2.90 bits per heavy atom. The first kappa shape index (κ1) is 16.2. The highest BCUT2D eigenvalue weighted by atomic mass is 16.2. The first-order chi connectivity index (χ1) is 9.52. The van der Waals surface area contributed by atoms with E-state index in [9.17, 15) is 4.79 Å². The third kappa shape index (κ3) is 5.83. The number of aliphatic hydroxyl groups is 1. The van der Waals surface area contributed by atoms with Crippen LogP contribution in [0.25, 0.3) is 0 Å². The molecule has 0 radical (unpaired) electrons. The fourth-order valence-electron chi connectivity index (χ4n) is 1.75. The van der Waals surface area contributed by atoms with E-state index in [1.54, 1.807) is 12.3 Å². The van der Waals surface area contributed by atoms with Crippen LogP contribution in [0, 0.1) is 11.8 Å². The molecule has 5 heteroatoms. The van der Waals surface area contributed by atoms with Crippen molar-refractivity contribution in [2.45, 2.75) is 19.4 Å². The lowest BCUT2D eigenvalue weighted by atomic mass is 10.2. The van der Waals surface area contributed by atoms with Crippen LogP contribution in [0.4, 0.5) is 0 Å². The van der Waals surface area contributed by atoms with Crippen LogP contribution >= 0.6 is 0 Å². The van der Waals surface area contributed by atoms with Gasteiger partial charge in [0.15, 0.2) is 0 Å². The maximum absolute atomic E-state index is 12.1. The van der Waals surface area contributed by atoms with Gasteiger partial charge in [-0.25, -0.2) is 0 Å². The van der Waals surface area contributed by atoms with Gasteiger partial charge in [-0.05, 0) is 27.1 Å². The largest absolute Gasteiger partial charge is 0.395 e. The lowest BCUT2D eigenvalue weighted by Crippen LogP contribution is -2.39. The number of carbonyl (C=O) groups excluding carboxylic acids is 1. The molecular formula is C15H21N3O2. The normalized spacial score (nSPS) is 11.7. The molecule has 0 aliphatic rings. The molecule has 1 amide bonds. The summed E-state index contributed by atoms with van der Waals surface area (Å²) in [6, 6.07) is 1.76. The molecule has 2 N–H and O–H groups in total. The molecule has 20 heavy (non-hydrogen) atoms. The number of likely N-dealkylation sites (N-methyl/N-ethyl adjacent to an activating group) is 1. The Balaban J connectivity index is 2.69. The third-order valence-electron chi connectivity index (χ3n) is 2.49. The number of nitrogens with zero attached hydrogens (tertiary/aromatic N) is 2. The maximum atomic E-state index is 12.1. The second-order valence-electron chi connectivity index (χ2n) is 4.87. The topological polar surface area (TPSA) is 65.5 Å². The summed E-state index contributed by atoms with van der Waals surface area (Å²) in [7, 11) is 3.92. The summed E-state index contributed by atoms with van der Waals surface area (Å²) in [4.78, 5) is 18.1. The fourth-order valence-corrected chi connectivity index (χ4v) is 1.75. The summed E-state index contributed by atoms with van der Waals surface area (Å²) >= 11 is 0. The van der Waals surface area contributed by atoms with Crippen molar-refractivity contribution >= 4 is 5.91 Å². The fraction of sp³-hybridized carbons (Fsp3) is 0.467. The van der Waals surface area contributed by atoms with Crippen LogP contribution in [-0.4, -0.2) is 54.2 Å². The first-order valence-corrected chi connectivity index (χ1v) is 6.53. The minimum absolute atomic E-state index is 0.0304. The van der Waals surface area contributed by atoms with Crippen LogP contribution in [0.1, 0.15) is 29.3 Å². The van der Waals surface area contributed by atoms with E-state index in [4.69, 9.17) is 5.11 Å². The number of carbonyl (C=O) groups is 1. The molecule has 0 saturated carbocycles. The van der Waals surface area contributed by atoms with E-state index in [1.807, 2.05) is 25.9 Å². The minimum Gasteiger partial charge on any atom is -0.395 e. The van der Waals surface area contributed by atoms with Gasteiger partial charge in [-0.15, -0.1) is 0 Å². The van der Waals surface area contributed by atoms with Crippen LogP contribution in [0.5, 0.6) is 0 Å². The van der Waals surface area contributed by atoms with Crippen LogP contribution in [0.15, 0.2) is 18.5 Å². The Hall–Kier alpha value is -1.90. The number of hydrogen-bond acceptors (Lipinski definition) is 4. The number of pyridine rings is 1. The van der Waals surface area contributed by atoms with Gasteiger partial charge >= 0.3 is 0 Å². The summed E-state index contributed by atoms with van der Waals surface area (Å²) in [5.41, 5.74) is 1.16. The number of aromatic nitrogens is 1. The molecule has 1 aromatic heterocycles. The molecule has 0 spiro atoms. The molecule has 1 aromatic rings. The molecule has 1 unspecified atom stereocenters. The molecular weight excluding hydrogens is 254 g/mol. The number of hydrogen-bond donors (Lipinski definition) is 2. The standard InChI is InChI=1S/C15H21N3O2/c1-12(11-18(2)3)17-15(20)14-8-13(9-16-10-14)6-4-5-7-19/h8-10,12,19H,5,7,11H2,1-3H3,(H,17,20). The second kappa shape index (κ2) is 8.31. The molecule has 0 aliphatic carbocycles. The molecule has 1 atom stereocenters. The molecule has 0 bridgehead atoms. The molecule has 0 saturated heterocycles. The van der Waals surface area contributed by atoms with Crippen LogP contribution in [-0.2, 0) is 0 Å². The smallest absolute Gasteiger partial charge is 0.253 e. The summed E-state index contributed by atoms with van der Waals surface area (Å²) in [6.07, 6.45) is 3.54. The quantitative estimate of drug-likeness (QED) is 0.768. The van der Waals surface area contributed by atoms with Crippen LogP contribution < -0.4 is 5.32 Å². The van der Waals surface area contributed by atoms with Crippen molar-refractivity contribution in [3.8, 4) is 11.8 Å². The molecule has 5 nitrogen and oxygen atoms in total. The molecule has 1 heterocycles. The molecule has 0 fully saturated rings. The number of rotatable bonds is 5. The Morgan fingerprint density at radius 2 is 2.25 bits per heavy atom. The summed E-state index contributed by atoms with van der Waals surface area (Å²) in [5, 5.41) is 11.6. The van der Waals surface area contributed by atoms with E-state index in [2.05, 4.69) is 22.1 Å². The zero-order valence-electron chi connectivity index (χ0n) is 12.2. The van der Waals surface area contributed by atoms with Crippen molar-refractivity contribution in [2.75, 3.05) is 27.2 Å². The zero-order chi connectivity index (χ0) is 15.0. The van der Waals surface area contributed by atoms with Gasteiger partial charge in [0.05, 0.1) is 12.2 Å². The molecule has 0 aromatic carbocycles. The second-order valence-corrected chi connectivity index (χ2v) is 4.87. The van der Waals surface area contributed by atoms with Gasteiger partial charge in [0, 0.05) is 37.0 Å². The Bertz CT molecular complexity index is 503. The van der Waals surface area contributed by atoms with E-state index in [1.165, 1.54) is 6.20 Å². The average Bonchev–Trinajstić information content (AvgIpc) is 2.38. The Labute approximate surface area is 120 Å². The maximum Gasteiger partial charge on any atom is 0.253 e. The SMILES string of the molecule is CC(CN(C)C)NC(=O)c1cncc(C#CCCO)c1. The molecule has 1 rings (SSSR count). The predicted octanol–water partition coefficient (Wildman–Crippen LogP) is 0.495. The van der Waals surface area contributed by atoms with E-state index in [-0.39, 0.29) is 18.6 Å². The van der Waals surface area contributed by atoms with E-state index in [0.29, 0.717) is 17.5 Å². The summed E-state index contributed by atoms with van der Waals surface area (Å²) in [5.74, 6) is 5.52. The highest BCUT2D eigenvalue weighted by Gasteiger charge is 2.10. The highest BCUT2D eigenvalue weighted by Crippen LogP contribution is 2.02. The minimum atomic E-state index is -0.155. The van der Waals surface area contributed by atoms with Crippen molar-refractivity contribution in [2.24, 2.45) is 0 Å². The number of aliphatic hydroxyl groups excluding tert-OH is 1. The van der Waals surface area contributed by atoms with Crippen molar-refractivity contribution in [1.82, 2.24) is 15.2 Å². The van der Waals surface area contributed by atoms with Crippen LogP contribution in [0.3, 0.4) is 0 Å². The Morgan fingerprint density at radius 1 is 1.50 bits per heavy atom. The van der Waals surface area contributed by atoms with Gasteiger partial charge in [-0.3, -0.25) is 9.78 Å². The van der Waals surface area contributed by atoms with Gasteiger partial charge in [-0.2, -0.15) is 0 Å².